The minimum atomic E-state index is -0.586. The zero-order chi connectivity index (χ0) is 22.3. The zero-order valence-corrected chi connectivity index (χ0v) is 17.6. The van der Waals surface area contributed by atoms with Crippen LogP contribution in [-0.4, -0.2) is 22.6 Å². The van der Waals surface area contributed by atoms with E-state index in [1.807, 2.05) is 26.8 Å². The van der Waals surface area contributed by atoms with Gasteiger partial charge >= 0.3 is 0 Å². The van der Waals surface area contributed by atoms with Gasteiger partial charge in [-0.15, -0.1) is 0 Å². The molecule has 0 amide bonds. The summed E-state index contributed by atoms with van der Waals surface area (Å²) in [5.74, 6) is -0.140. The van der Waals surface area contributed by atoms with Gasteiger partial charge in [0.25, 0.3) is 17.7 Å². The Morgan fingerprint density at radius 2 is 1.93 bits per heavy atom. The van der Waals surface area contributed by atoms with Crippen LogP contribution in [0.4, 0.5) is 5.69 Å². The van der Waals surface area contributed by atoms with Crippen LogP contribution in [0, 0.1) is 10.1 Å². The quantitative estimate of drug-likeness (QED) is 0.245. The van der Waals surface area contributed by atoms with Crippen LogP contribution in [0.1, 0.15) is 40.5 Å². The van der Waals surface area contributed by atoms with Crippen LogP contribution in [0.25, 0.3) is 10.9 Å². The Labute approximate surface area is 174 Å². The fourth-order valence-electron chi connectivity index (χ4n) is 3.07. The van der Waals surface area contributed by atoms with Crippen molar-refractivity contribution in [3.05, 3.63) is 62.0 Å². The molecular formula is C22H26N2O6. The molecule has 30 heavy (non-hydrogen) atoms. The number of pyridine rings is 1. The summed E-state index contributed by atoms with van der Waals surface area (Å²) in [6.07, 6.45) is 5.84. The van der Waals surface area contributed by atoms with Crippen molar-refractivity contribution in [2.45, 2.75) is 47.1 Å². The Morgan fingerprint density at radius 3 is 2.53 bits per heavy atom. The van der Waals surface area contributed by atoms with Gasteiger partial charge in [0, 0.05) is 24.1 Å². The summed E-state index contributed by atoms with van der Waals surface area (Å²) in [6, 6.07) is 4.14. The van der Waals surface area contributed by atoms with Crippen LogP contribution in [0.5, 0.6) is 11.5 Å². The van der Waals surface area contributed by atoms with Gasteiger partial charge < -0.3 is 14.0 Å². The lowest BCUT2D eigenvalue weighted by Gasteiger charge is -2.15. The Hall–Kier alpha value is -3.42. The van der Waals surface area contributed by atoms with Crippen molar-refractivity contribution < 1.29 is 19.2 Å². The molecule has 1 aromatic carbocycles. The summed E-state index contributed by atoms with van der Waals surface area (Å²) in [7, 11) is 0. The summed E-state index contributed by atoms with van der Waals surface area (Å²) >= 11 is 0. The van der Waals surface area contributed by atoms with E-state index in [1.165, 1.54) is 28.3 Å². The number of benzene rings is 1. The van der Waals surface area contributed by atoms with Gasteiger partial charge in [-0.05, 0) is 52.7 Å². The second-order valence-corrected chi connectivity index (χ2v) is 7.06. The average Bonchev–Trinajstić information content (AvgIpc) is 2.69. The Morgan fingerprint density at radius 1 is 1.20 bits per heavy atom. The molecule has 0 aliphatic heterocycles. The molecule has 8 nitrogen and oxygen atoms in total. The summed E-state index contributed by atoms with van der Waals surface area (Å²) < 4.78 is 12.1. The van der Waals surface area contributed by atoms with Crippen LogP contribution >= 0.6 is 0 Å². The third kappa shape index (κ3) is 5.34. The molecule has 0 spiro atoms. The van der Waals surface area contributed by atoms with Gasteiger partial charge in [-0.25, -0.2) is 0 Å². The van der Waals surface area contributed by atoms with Gasteiger partial charge in [0.1, 0.15) is 6.61 Å². The average molecular weight is 414 g/mol. The highest BCUT2D eigenvalue weighted by Crippen LogP contribution is 2.34. The highest BCUT2D eigenvalue weighted by atomic mass is 16.6. The van der Waals surface area contributed by atoms with E-state index in [2.05, 4.69) is 6.08 Å². The van der Waals surface area contributed by atoms with Gasteiger partial charge in [0.05, 0.1) is 10.4 Å². The monoisotopic (exact) mass is 414 g/mol. The molecule has 1 heterocycles. The van der Waals surface area contributed by atoms with Gasteiger partial charge in [-0.3, -0.25) is 19.7 Å². The lowest BCUT2D eigenvalue weighted by molar-refractivity contribution is -0.384. The number of hydrogen-bond donors (Lipinski definition) is 0. The van der Waals surface area contributed by atoms with E-state index in [0.717, 1.165) is 18.4 Å². The molecule has 0 aliphatic carbocycles. The number of nitro groups is 1. The normalized spacial score (nSPS) is 11.3. The number of allylic oxidation sites excluding steroid dienone is 3. The van der Waals surface area contributed by atoms with E-state index in [9.17, 15) is 19.7 Å². The third-order valence-electron chi connectivity index (χ3n) is 4.61. The molecule has 0 bridgehead atoms. The van der Waals surface area contributed by atoms with Gasteiger partial charge in [0.2, 0.25) is 5.75 Å². The summed E-state index contributed by atoms with van der Waals surface area (Å²) in [5.41, 5.74) is 1.99. The molecule has 160 valence electrons. The van der Waals surface area contributed by atoms with Crippen molar-refractivity contribution >= 4 is 23.1 Å². The maximum atomic E-state index is 12.8. The maximum absolute atomic E-state index is 12.8. The zero-order valence-electron chi connectivity index (χ0n) is 17.6. The summed E-state index contributed by atoms with van der Waals surface area (Å²) in [4.78, 5) is 34.4. The molecule has 0 saturated carbocycles. The van der Waals surface area contributed by atoms with E-state index in [4.69, 9.17) is 9.47 Å². The minimum absolute atomic E-state index is 0.0926. The molecule has 0 aliphatic rings. The number of aromatic nitrogens is 1. The minimum Gasteiger partial charge on any atom is -0.485 e. The van der Waals surface area contributed by atoms with E-state index < -0.39 is 10.5 Å². The lowest BCUT2D eigenvalue weighted by Crippen LogP contribution is -2.23. The molecule has 0 atom stereocenters. The van der Waals surface area contributed by atoms with Gasteiger partial charge in [0.15, 0.2) is 5.75 Å². The molecule has 2 rings (SSSR count). The van der Waals surface area contributed by atoms with Crippen molar-refractivity contribution in [3.63, 3.8) is 0 Å². The summed E-state index contributed by atoms with van der Waals surface area (Å²) in [5, 5.41) is 11.6. The fraction of sp³-hybridized carbons (Fsp3) is 0.364. The smallest absolute Gasteiger partial charge is 0.298 e. The molecule has 2 aromatic rings. The third-order valence-corrected chi connectivity index (χ3v) is 4.61. The number of rotatable bonds is 10. The second kappa shape index (κ2) is 10.4. The first-order valence-electron chi connectivity index (χ1n) is 9.67. The van der Waals surface area contributed by atoms with E-state index in [-0.39, 0.29) is 36.8 Å². The van der Waals surface area contributed by atoms with Crippen LogP contribution in [0.3, 0.4) is 0 Å². The first-order chi connectivity index (χ1) is 14.3. The largest absolute Gasteiger partial charge is 0.485 e. The molecule has 8 heteroatoms. The predicted octanol–water partition coefficient (Wildman–Crippen LogP) is 4.54. The number of ether oxygens (including phenoxy) is 2. The number of carbonyl (C=O) groups is 1. The predicted molar refractivity (Wildman–Crippen MR) is 115 cm³/mol. The number of nitro benzene ring substituents is 1. The lowest BCUT2D eigenvalue weighted by atomic mass is 10.1. The van der Waals surface area contributed by atoms with E-state index in [0.29, 0.717) is 10.9 Å². The molecular weight excluding hydrogens is 388 g/mol. The number of fused-ring (bicyclic) bond motifs is 1. The second-order valence-electron chi connectivity index (χ2n) is 7.06. The van der Waals surface area contributed by atoms with E-state index in [1.54, 1.807) is 6.92 Å². The number of carbonyl (C=O) groups excluding carboxylic acids is 1. The van der Waals surface area contributed by atoms with Crippen LogP contribution in [0.2, 0.25) is 0 Å². The molecule has 0 fully saturated rings. The first-order valence-corrected chi connectivity index (χ1v) is 9.67. The Balaban J connectivity index is 2.47. The molecule has 1 aromatic heterocycles. The van der Waals surface area contributed by atoms with Crippen LogP contribution < -0.4 is 15.0 Å². The SMILES string of the molecule is CCn1c(=O)c(OC=O)c(OC/C=C(\C)CCC=C(C)C)c2ccc([N+](=O)[O-])cc21. The molecule has 0 N–H and O–H groups in total. The topological polar surface area (TPSA) is 101 Å². The highest BCUT2D eigenvalue weighted by Gasteiger charge is 2.21. The van der Waals surface area contributed by atoms with Crippen molar-refractivity contribution in [3.8, 4) is 11.5 Å². The number of aryl methyl sites for hydroxylation is 1. The molecule has 0 saturated heterocycles. The molecule has 0 unspecified atom stereocenters. The van der Waals surface area contributed by atoms with Crippen molar-refractivity contribution in [2.75, 3.05) is 6.61 Å². The Kier molecular flexibility index (Phi) is 7.91. The van der Waals surface area contributed by atoms with Gasteiger partial charge in [-0.2, -0.15) is 0 Å². The van der Waals surface area contributed by atoms with Crippen LogP contribution in [-0.2, 0) is 11.3 Å². The molecule has 0 radical (unpaired) electrons. The van der Waals surface area contributed by atoms with Crippen molar-refractivity contribution in [2.24, 2.45) is 0 Å². The fourth-order valence-corrected chi connectivity index (χ4v) is 3.07. The number of hydrogen-bond acceptors (Lipinski definition) is 6. The van der Waals surface area contributed by atoms with Gasteiger partial charge in [-0.1, -0.05) is 17.2 Å². The van der Waals surface area contributed by atoms with Crippen LogP contribution in [0.15, 0.2) is 46.3 Å². The van der Waals surface area contributed by atoms with Crippen molar-refractivity contribution in [1.82, 2.24) is 4.57 Å². The summed E-state index contributed by atoms with van der Waals surface area (Å²) in [6.45, 7) is 8.38. The van der Waals surface area contributed by atoms with E-state index >= 15 is 0 Å². The number of non-ortho nitro benzene ring substituents is 1. The number of nitrogens with zero attached hydrogens (tertiary/aromatic N) is 2. The standard InChI is InChI=1S/C22H26N2O6/c1-5-23-19-13-17(24(27)28)9-10-18(19)20(21(22(23)26)30-14-25)29-12-11-16(4)8-6-7-15(2)3/h7,9-11,13-14H,5-6,8,12H2,1-4H3/b16-11+. The highest BCUT2D eigenvalue weighted by molar-refractivity contribution is 5.90. The maximum Gasteiger partial charge on any atom is 0.298 e. The van der Waals surface area contributed by atoms with Crippen molar-refractivity contribution in [1.29, 1.82) is 0 Å². The first kappa shape index (κ1) is 22.9. The Bertz CT molecular complexity index is 1060.